The summed E-state index contributed by atoms with van der Waals surface area (Å²) in [6, 6.07) is 6.26. The SMILES string of the molecule is O=C(O)c1ccc2c(cc[s+]2[O-])c1. The third kappa shape index (κ3) is 1.30. The number of thiophene rings is 1. The monoisotopic (exact) mass is 194 g/mol. The van der Waals surface area contributed by atoms with Crippen LogP contribution in [0.4, 0.5) is 0 Å². The number of carbonyl (C=O) groups is 1. The molecule has 0 saturated carbocycles. The van der Waals surface area contributed by atoms with Crippen molar-refractivity contribution in [3.8, 4) is 0 Å². The van der Waals surface area contributed by atoms with Gasteiger partial charge in [-0.15, -0.1) is 0 Å². The number of carboxylic acids is 1. The van der Waals surface area contributed by atoms with Gasteiger partial charge < -0.3 is 9.66 Å². The number of rotatable bonds is 1. The molecule has 2 rings (SSSR count). The van der Waals surface area contributed by atoms with E-state index in [0.29, 0.717) is 4.70 Å². The Hall–Kier alpha value is -1.39. The van der Waals surface area contributed by atoms with E-state index in [0.717, 1.165) is 5.39 Å². The van der Waals surface area contributed by atoms with E-state index < -0.39 is 16.7 Å². The summed E-state index contributed by atoms with van der Waals surface area (Å²) in [6.07, 6.45) is 0. The van der Waals surface area contributed by atoms with Gasteiger partial charge in [-0.05, 0) is 28.9 Å². The second-order valence-corrected chi connectivity index (χ2v) is 3.96. The molecule has 1 unspecified atom stereocenters. The van der Waals surface area contributed by atoms with Crippen molar-refractivity contribution >= 4 is 26.8 Å². The molecule has 0 aliphatic carbocycles. The molecule has 2 aromatic rings. The van der Waals surface area contributed by atoms with Crippen LogP contribution in [0.2, 0.25) is 0 Å². The van der Waals surface area contributed by atoms with E-state index in [1.807, 2.05) is 0 Å². The van der Waals surface area contributed by atoms with Crippen LogP contribution >= 0.6 is 10.8 Å². The van der Waals surface area contributed by atoms with Gasteiger partial charge in [-0.25, -0.2) is 4.79 Å². The molecule has 3 nitrogen and oxygen atoms in total. The van der Waals surface area contributed by atoms with Crippen molar-refractivity contribution in [2.24, 2.45) is 0 Å². The first-order valence-corrected chi connectivity index (χ1v) is 4.86. The van der Waals surface area contributed by atoms with Crippen molar-refractivity contribution in [1.82, 2.24) is 0 Å². The van der Waals surface area contributed by atoms with E-state index in [1.54, 1.807) is 17.5 Å². The maximum Gasteiger partial charge on any atom is 0.335 e. The fourth-order valence-corrected chi connectivity index (χ4v) is 2.18. The highest BCUT2D eigenvalue weighted by molar-refractivity contribution is 7.30. The van der Waals surface area contributed by atoms with Gasteiger partial charge in [0.25, 0.3) is 0 Å². The molecule has 1 aromatic heterocycles. The first-order chi connectivity index (χ1) is 6.18. The number of aromatic carboxylic acids is 1. The van der Waals surface area contributed by atoms with Crippen LogP contribution in [0.25, 0.3) is 10.1 Å². The smallest absolute Gasteiger partial charge is 0.335 e. The molecule has 1 atom stereocenters. The number of carboxylic acid groups (broad SMARTS) is 1. The number of fused-ring (bicyclic) bond motifs is 1. The third-order valence-electron chi connectivity index (χ3n) is 1.84. The van der Waals surface area contributed by atoms with E-state index in [-0.39, 0.29) is 5.56 Å². The zero-order chi connectivity index (χ0) is 9.42. The first-order valence-electron chi connectivity index (χ1n) is 3.64. The Morgan fingerprint density at radius 1 is 1.38 bits per heavy atom. The molecule has 0 bridgehead atoms. The van der Waals surface area contributed by atoms with Gasteiger partial charge in [0.2, 0.25) is 0 Å². The molecule has 0 spiro atoms. The van der Waals surface area contributed by atoms with Gasteiger partial charge in [0.1, 0.15) is 5.38 Å². The number of benzene rings is 1. The molecule has 0 amide bonds. The third-order valence-corrected chi connectivity index (χ3v) is 3.03. The van der Waals surface area contributed by atoms with E-state index in [1.165, 1.54) is 12.1 Å². The van der Waals surface area contributed by atoms with Crippen LogP contribution in [0.15, 0.2) is 29.6 Å². The summed E-state index contributed by atoms with van der Waals surface area (Å²) in [4.78, 5) is 10.6. The lowest BCUT2D eigenvalue weighted by atomic mass is 10.2. The molecule has 13 heavy (non-hydrogen) atoms. The zero-order valence-corrected chi connectivity index (χ0v) is 7.38. The molecule has 0 aliphatic heterocycles. The quantitative estimate of drug-likeness (QED) is 0.708. The summed E-state index contributed by atoms with van der Waals surface area (Å²) in [6.45, 7) is 0. The zero-order valence-electron chi connectivity index (χ0n) is 6.56. The minimum absolute atomic E-state index is 0.224. The molecule has 1 aromatic carbocycles. The lowest BCUT2D eigenvalue weighted by Crippen LogP contribution is -1.94. The van der Waals surface area contributed by atoms with Gasteiger partial charge in [-0.1, -0.05) is 0 Å². The normalized spacial score (nSPS) is 11.9. The molecular weight excluding hydrogens is 188 g/mol. The van der Waals surface area contributed by atoms with Crippen LogP contribution < -0.4 is 0 Å². The fourth-order valence-electron chi connectivity index (χ4n) is 1.20. The summed E-state index contributed by atoms with van der Waals surface area (Å²) in [5.74, 6) is -0.964. The molecule has 4 heteroatoms. The molecule has 1 N–H and O–H groups in total. The largest absolute Gasteiger partial charge is 0.590 e. The predicted octanol–water partition coefficient (Wildman–Crippen LogP) is 2.27. The highest BCUT2D eigenvalue weighted by Gasteiger charge is 2.08. The average Bonchev–Trinajstić information content (AvgIpc) is 2.47. The van der Waals surface area contributed by atoms with Gasteiger partial charge in [0.05, 0.1) is 5.56 Å². The number of hydrogen-bond acceptors (Lipinski definition) is 2. The Morgan fingerprint density at radius 3 is 2.85 bits per heavy atom. The maximum absolute atomic E-state index is 11.2. The topological polar surface area (TPSA) is 60.4 Å². The van der Waals surface area contributed by atoms with Crippen molar-refractivity contribution in [2.45, 2.75) is 0 Å². The van der Waals surface area contributed by atoms with Gasteiger partial charge in [-0.3, -0.25) is 0 Å². The standard InChI is InChI=1S/C9H6O3S/c10-9(11)7-1-2-8-6(5-7)3-4-13(8)12/h1-5H,(H,10,11). The molecule has 0 fully saturated rings. The molecule has 1 heterocycles. The Balaban J connectivity index is 2.70. The first kappa shape index (κ1) is 8.22. The van der Waals surface area contributed by atoms with Crippen LogP contribution in [0.5, 0.6) is 0 Å². The van der Waals surface area contributed by atoms with Crippen LogP contribution in [0.1, 0.15) is 10.4 Å². The van der Waals surface area contributed by atoms with E-state index in [4.69, 9.17) is 5.11 Å². The molecule has 0 saturated heterocycles. The maximum atomic E-state index is 11.2. The summed E-state index contributed by atoms with van der Waals surface area (Å²) in [7, 11) is -1.09. The van der Waals surface area contributed by atoms with Gasteiger partial charge in [0, 0.05) is 11.5 Å². The minimum Gasteiger partial charge on any atom is -0.590 e. The number of hydrogen-bond donors (Lipinski definition) is 1. The van der Waals surface area contributed by atoms with Crippen molar-refractivity contribution in [3.05, 3.63) is 35.2 Å². The van der Waals surface area contributed by atoms with Crippen LogP contribution in [-0.4, -0.2) is 15.6 Å². The summed E-state index contributed by atoms with van der Waals surface area (Å²) >= 11 is 0. The lowest BCUT2D eigenvalue weighted by molar-refractivity contribution is 0.0697. The second-order valence-electron chi connectivity index (χ2n) is 2.66. The van der Waals surface area contributed by atoms with Crippen molar-refractivity contribution in [3.63, 3.8) is 0 Å². The summed E-state index contributed by atoms with van der Waals surface area (Å²) in [5.41, 5.74) is 0.224. The Labute approximate surface area is 77.0 Å². The lowest BCUT2D eigenvalue weighted by Gasteiger charge is -1.93. The molecule has 66 valence electrons. The second kappa shape index (κ2) is 2.83. The van der Waals surface area contributed by atoms with Crippen LogP contribution in [0.3, 0.4) is 0 Å². The highest BCUT2D eigenvalue weighted by atomic mass is 32.2. The fraction of sp³-hybridized carbons (Fsp3) is 0. The molecule has 0 radical (unpaired) electrons. The highest BCUT2D eigenvalue weighted by Crippen LogP contribution is 2.28. The van der Waals surface area contributed by atoms with Crippen LogP contribution in [-0.2, 0) is 0 Å². The van der Waals surface area contributed by atoms with E-state index in [2.05, 4.69) is 0 Å². The Morgan fingerprint density at radius 2 is 2.15 bits per heavy atom. The van der Waals surface area contributed by atoms with E-state index in [9.17, 15) is 9.35 Å². The van der Waals surface area contributed by atoms with Gasteiger partial charge >= 0.3 is 5.97 Å². The van der Waals surface area contributed by atoms with Crippen molar-refractivity contribution in [2.75, 3.05) is 0 Å². The predicted molar refractivity (Wildman–Crippen MR) is 49.6 cm³/mol. The van der Waals surface area contributed by atoms with Crippen molar-refractivity contribution < 1.29 is 14.5 Å². The molecule has 0 aliphatic rings. The summed E-state index contributed by atoms with van der Waals surface area (Å²) in [5, 5.41) is 11.0. The average molecular weight is 194 g/mol. The Kier molecular flexibility index (Phi) is 1.79. The minimum atomic E-state index is -1.09. The van der Waals surface area contributed by atoms with E-state index >= 15 is 0 Å². The molecular formula is C9H6O3S. The van der Waals surface area contributed by atoms with Crippen molar-refractivity contribution in [1.29, 1.82) is 0 Å². The van der Waals surface area contributed by atoms with Crippen LogP contribution in [0, 0.1) is 0 Å². The van der Waals surface area contributed by atoms with Gasteiger partial charge in [-0.2, -0.15) is 0 Å². The van der Waals surface area contributed by atoms with Gasteiger partial charge in [0.15, 0.2) is 4.70 Å². The Bertz CT molecular complexity index is 473. The summed E-state index contributed by atoms with van der Waals surface area (Å²) < 4.78 is 11.9.